The lowest BCUT2D eigenvalue weighted by molar-refractivity contribution is 0.441. The molecule has 0 atom stereocenters. The van der Waals surface area contributed by atoms with E-state index in [0.29, 0.717) is 5.88 Å². The maximum Gasteiger partial charge on any atom is 0.222 e. The Bertz CT molecular complexity index is 763. The van der Waals surface area contributed by atoms with Crippen LogP contribution in [0.1, 0.15) is 11.3 Å². The van der Waals surface area contributed by atoms with Crippen LogP contribution in [0.2, 0.25) is 0 Å². The van der Waals surface area contributed by atoms with E-state index >= 15 is 0 Å². The van der Waals surface area contributed by atoms with E-state index in [1.54, 1.807) is 4.68 Å². The van der Waals surface area contributed by atoms with Crippen LogP contribution >= 0.6 is 0 Å². The van der Waals surface area contributed by atoms with Crippen LogP contribution in [0.25, 0.3) is 5.69 Å². The minimum absolute atomic E-state index is 0.687. The van der Waals surface area contributed by atoms with Crippen LogP contribution in [0, 0.1) is 13.8 Å². The maximum absolute atomic E-state index is 6.02. The monoisotopic (exact) mass is 279 g/mol. The minimum atomic E-state index is 0.687. The Morgan fingerprint density at radius 1 is 1.00 bits per heavy atom. The second-order valence-corrected chi connectivity index (χ2v) is 5.00. The first-order chi connectivity index (χ1) is 10.1. The smallest absolute Gasteiger partial charge is 0.222 e. The zero-order chi connectivity index (χ0) is 14.8. The third-order valence-electron chi connectivity index (χ3n) is 3.21. The third-order valence-corrected chi connectivity index (χ3v) is 3.21. The Morgan fingerprint density at radius 3 is 2.48 bits per heavy atom. The number of hydrogen-bond acceptors (Lipinski definition) is 3. The highest BCUT2D eigenvalue weighted by molar-refractivity contribution is 5.48. The summed E-state index contributed by atoms with van der Waals surface area (Å²) < 4.78 is 7.81. The van der Waals surface area contributed by atoms with Crippen LogP contribution in [0.5, 0.6) is 11.6 Å². The number of rotatable bonds is 3. The number of aromatic nitrogens is 2. The standard InChI is InChI=1S/C17H17N3O/c1-12-10-14(18)8-9-16(12)21-17-11-13(2)19-20(17)15-6-4-3-5-7-15/h3-11H,18H2,1-2H3. The lowest BCUT2D eigenvalue weighted by Crippen LogP contribution is -2.00. The van der Waals surface area contributed by atoms with Crippen LogP contribution in [0.15, 0.2) is 54.6 Å². The molecule has 0 fully saturated rings. The maximum atomic E-state index is 6.02. The third kappa shape index (κ3) is 2.74. The number of nitrogen functional groups attached to an aromatic ring is 1. The second kappa shape index (κ2) is 5.32. The Balaban J connectivity index is 2.00. The summed E-state index contributed by atoms with van der Waals surface area (Å²) in [6.45, 7) is 3.92. The summed E-state index contributed by atoms with van der Waals surface area (Å²) in [6, 6.07) is 17.4. The van der Waals surface area contributed by atoms with Gasteiger partial charge in [-0.15, -0.1) is 0 Å². The van der Waals surface area contributed by atoms with Gasteiger partial charge < -0.3 is 10.5 Å². The zero-order valence-corrected chi connectivity index (χ0v) is 12.1. The molecular weight excluding hydrogens is 262 g/mol. The average molecular weight is 279 g/mol. The molecule has 1 heterocycles. The van der Waals surface area contributed by atoms with Crippen molar-refractivity contribution in [2.75, 3.05) is 5.73 Å². The molecule has 0 saturated carbocycles. The lowest BCUT2D eigenvalue weighted by atomic mass is 10.2. The number of nitrogens with zero attached hydrogens (tertiary/aromatic N) is 2. The molecule has 0 amide bonds. The van der Waals surface area contributed by atoms with Gasteiger partial charge in [0.2, 0.25) is 5.88 Å². The molecule has 0 bridgehead atoms. The fourth-order valence-corrected chi connectivity index (χ4v) is 2.20. The number of hydrogen-bond donors (Lipinski definition) is 1. The summed E-state index contributed by atoms with van der Waals surface area (Å²) in [6.07, 6.45) is 0. The van der Waals surface area contributed by atoms with Crippen molar-refractivity contribution in [1.29, 1.82) is 0 Å². The SMILES string of the molecule is Cc1cc(Oc2ccc(N)cc2C)n(-c2ccccc2)n1. The van der Waals surface area contributed by atoms with Crippen LogP contribution in [-0.4, -0.2) is 9.78 Å². The van der Waals surface area contributed by atoms with Crippen molar-refractivity contribution in [3.05, 3.63) is 65.9 Å². The predicted molar refractivity (Wildman–Crippen MR) is 84.0 cm³/mol. The average Bonchev–Trinajstić information content (AvgIpc) is 2.84. The van der Waals surface area contributed by atoms with Gasteiger partial charge in [-0.1, -0.05) is 18.2 Å². The number of ether oxygens (including phenoxy) is 1. The van der Waals surface area contributed by atoms with E-state index in [1.807, 2.05) is 68.4 Å². The molecule has 4 heteroatoms. The van der Waals surface area contributed by atoms with Gasteiger partial charge in [0.15, 0.2) is 0 Å². The van der Waals surface area contributed by atoms with Gasteiger partial charge in [-0.2, -0.15) is 5.10 Å². The molecule has 0 spiro atoms. The first kappa shape index (κ1) is 13.2. The molecule has 21 heavy (non-hydrogen) atoms. The van der Waals surface area contributed by atoms with E-state index in [4.69, 9.17) is 10.5 Å². The first-order valence-electron chi connectivity index (χ1n) is 6.79. The summed E-state index contributed by atoms with van der Waals surface area (Å²) in [7, 11) is 0. The van der Waals surface area contributed by atoms with E-state index in [9.17, 15) is 0 Å². The normalized spacial score (nSPS) is 10.6. The molecule has 3 aromatic rings. The second-order valence-electron chi connectivity index (χ2n) is 5.00. The van der Waals surface area contributed by atoms with Crippen molar-refractivity contribution in [3.8, 4) is 17.3 Å². The molecule has 1 aromatic heterocycles. The van der Waals surface area contributed by atoms with Gasteiger partial charge in [-0.3, -0.25) is 0 Å². The summed E-state index contributed by atoms with van der Waals surface area (Å²) in [4.78, 5) is 0. The number of nitrogens with two attached hydrogens (primary N) is 1. The summed E-state index contributed by atoms with van der Waals surface area (Å²) in [5, 5.41) is 4.49. The Hall–Kier alpha value is -2.75. The van der Waals surface area contributed by atoms with E-state index in [1.165, 1.54) is 0 Å². The molecule has 2 N–H and O–H groups in total. The number of para-hydroxylation sites is 1. The van der Waals surface area contributed by atoms with Gasteiger partial charge in [0.25, 0.3) is 0 Å². The highest BCUT2D eigenvalue weighted by Crippen LogP contribution is 2.28. The molecule has 0 saturated heterocycles. The zero-order valence-electron chi connectivity index (χ0n) is 12.1. The molecule has 2 aromatic carbocycles. The van der Waals surface area contributed by atoms with Gasteiger partial charge in [0.1, 0.15) is 5.75 Å². The minimum Gasteiger partial charge on any atom is -0.439 e. The highest BCUT2D eigenvalue weighted by atomic mass is 16.5. The molecule has 3 rings (SSSR count). The van der Waals surface area contributed by atoms with E-state index in [2.05, 4.69) is 5.10 Å². The topological polar surface area (TPSA) is 53.1 Å². The molecular formula is C17H17N3O. The molecule has 4 nitrogen and oxygen atoms in total. The van der Waals surface area contributed by atoms with Crippen LogP contribution in [-0.2, 0) is 0 Å². The van der Waals surface area contributed by atoms with Gasteiger partial charge in [0, 0.05) is 11.8 Å². The summed E-state index contributed by atoms with van der Waals surface area (Å²) in [5.74, 6) is 1.47. The first-order valence-corrected chi connectivity index (χ1v) is 6.79. The Kier molecular flexibility index (Phi) is 3.36. The fraction of sp³-hybridized carbons (Fsp3) is 0.118. The van der Waals surface area contributed by atoms with Crippen molar-refractivity contribution in [2.24, 2.45) is 0 Å². The number of aryl methyl sites for hydroxylation is 2. The Morgan fingerprint density at radius 2 is 1.76 bits per heavy atom. The lowest BCUT2D eigenvalue weighted by Gasteiger charge is -2.11. The van der Waals surface area contributed by atoms with Crippen molar-refractivity contribution in [2.45, 2.75) is 13.8 Å². The van der Waals surface area contributed by atoms with Crippen LogP contribution < -0.4 is 10.5 Å². The molecule has 0 aliphatic carbocycles. The Labute approximate surface area is 123 Å². The largest absolute Gasteiger partial charge is 0.439 e. The molecule has 0 radical (unpaired) electrons. The van der Waals surface area contributed by atoms with Crippen molar-refractivity contribution in [1.82, 2.24) is 9.78 Å². The van der Waals surface area contributed by atoms with Gasteiger partial charge in [0.05, 0.1) is 11.4 Å². The van der Waals surface area contributed by atoms with Crippen molar-refractivity contribution >= 4 is 5.69 Å². The molecule has 0 aliphatic rings. The molecule has 0 unspecified atom stereocenters. The van der Waals surface area contributed by atoms with Gasteiger partial charge >= 0.3 is 0 Å². The van der Waals surface area contributed by atoms with Gasteiger partial charge in [-0.25, -0.2) is 4.68 Å². The summed E-state index contributed by atoms with van der Waals surface area (Å²) in [5.41, 5.74) is 9.37. The van der Waals surface area contributed by atoms with E-state index in [-0.39, 0.29) is 0 Å². The van der Waals surface area contributed by atoms with Crippen molar-refractivity contribution in [3.63, 3.8) is 0 Å². The van der Waals surface area contributed by atoms with Gasteiger partial charge in [-0.05, 0) is 49.7 Å². The molecule has 106 valence electrons. The van der Waals surface area contributed by atoms with Crippen molar-refractivity contribution < 1.29 is 4.74 Å². The van der Waals surface area contributed by atoms with Crippen LogP contribution in [0.4, 0.5) is 5.69 Å². The highest BCUT2D eigenvalue weighted by Gasteiger charge is 2.11. The molecule has 0 aliphatic heterocycles. The number of anilines is 1. The summed E-state index contributed by atoms with van der Waals surface area (Å²) >= 11 is 0. The predicted octanol–water partition coefficient (Wildman–Crippen LogP) is 3.86. The quantitative estimate of drug-likeness (QED) is 0.741. The fourth-order valence-electron chi connectivity index (χ4n) is 2.20. The van der Waals surface area contributed by atoms with Crippen LogP contribution in [0.3, 0.4) is 0 Å². The van der Waals surface area contributed by atoms with E-state index < -0.39 is 0 Å². The number of benzene rings is 2. The van der Waals surface area contributed by atoms with E-state index in [0.717, 1.165) is 28.4 Å².